The van der Waals surface area contributed by atoms with Crippen molar-refractivity contribution in [1.29, 1.82) is 0 Å². The molecule has 0 aromatic heterocycles. The van der Waals surface area contributed by atoms with Crippen molar-refractivity contribution in [2.45, 2.75) is 39.7 Å². The Labute approximate surface area is 130 Å². The zero-order valence-electron chi connectivity index (χ0n) is 13.3. The molecular weight excluding hydrogens is 282 g/mol. The van der Waals surface area contributed by atoms with Crippen LogP contribution < -0.4 is 15.5 Å². The van der Waals surface area contributed by atoms with Crippen LogP contribution >= 0.6 is 0 Å². The van der Waals surface area contributed by atoms with Gasteiger partial charge in [0.05, 0.1) is 12.8 Å². The van der Waals surface area contributed by atoms with E-state index in [0.29, 0.717) is 12.4 Å². The highest BCUT2D eigenvalue weighted by atomic mass is 16.5. The van der Waals surface area contributed by atoms with Gasteiger partial charge in [-0.3, -0.25) is 9.59 Å². The summed E-state index contributed by atoms with van der Waals surface area (Å²) in [5.41, 5.74) is 2.94. The molecule has 1 rings (SSSR count). The number of para-hydroxylation sites is 1. The highest BCUT2D eigenvalue weighted by molar-refractivity contribution is 6.35. The Morgan fingerprint density at radius 3 is 2.68 bits per heavy atom. The maximum absolute atomic E-state index is 11.6. The first-order valence-corrected chi connectivity index (χ1v) is 7.44. The lowest BCUT2D eigenvalue weighted by Crippen LogP contribution is -2.41. The van der Waals surface area contributed by atoms with Crippen LogP contribution in [0.1, 0.15) is 39.2 Å². The molecule has 6 heteroatoms. The van der Waals surface area contributed by atoms with Gasteiger partial charge >= 0.3 is 11.8 Å². The Morgan fingerprint density at radius 1 is 1.27 bits per heavy atom. The van der Waals surface area contributed by atoms with Crippen LogP contribution in [-0.4, -0.2) is 30.7 Å². The number of nitrogens with zero attached hydrogens (tertiary/aromatic N) is 1. The van der Waals surface area contributed by atoms with Crippen molar-refractivity contribution in [3.63, 3.8) is 0 Å². The number of ether oxygens (including phenoxy) is 1. The average molecular weight is 305 g/mol. The molecule has 2 amide bonds. The van der Waals surface area contributed by atoms with Gasteiger partial charge in [-0.2, -0.15) is 5.10 Å². The van der Waals surface area contributed by atoms with Crippen LogP contribution in [0, 0.1) is 0 Å². The van der Waals surface area contributed by atoms with Crippen LogP contribution in [0.5, 0.6) is 5.75 Å². The maximum atomic E-state index is 11.6. The lowest BCUT2D eigenvalue weighted by atomic mass is 10.2. The van der Waals surface area contributed by atoms with E-state index in [1.165, 1.54) is 6.21 Å². The minimum Gasteiger partial charge on any atom is -0.493 e. The van der Waals surface area contributed by atoms with Gasteiger partial charge < -0.3 is 10.1 Å². The molecule has 0 fully saturated rings. The number of hydrogen-bond acceptors (Lipinski definition) is 4. The fourth-order valence-corrected chi connectivity index (χ4v) is 1.53. The van der Waals surface area contributed by atoms with Crippen LogP contribution in [0.4, 0.5) is 0 Å². The van der Waals surface area contributed by atoms with Crippen LogP contribution in [-0.2, 0) is 9.59 Å². The molecule has 0 aliphatic heterocycles. The molecule has 0 radical (unpaired) electrons. The van der Waals surface area contributed by atoms with E-state index in [2.05, 4.69) is 15.8 Å². The molecule has 0 saturated heterocycles. The lowest BCUT2D eigenvalue weighted by molar-refractivity contribution is -0.139. The predicted octanol–water partition coefficient (Wildman–Crippen LogP) is 1.84. The maximum Gasteiger partial charge on any atom is 0.329 e. The van der Waals surface area contributed by atoms with Gasteiger partial charge in [0.1, 0.15) is 5.75 Å². The molecule has 1 aromatic carbocycles. The molecule has 1 atom stereocenters. The van der Waals surface area contributed by atoms with Gasteiger partial charge in [-0.1, -0.05) is 26.0 Å². The Balaban J connectivity index is 2.58. The molecule has 120 valence electrons. The van der Waals surface area contributed by atoms with E-state index in [9.17, 15) is 9.59 Å². The number of carbonyl (C=O) groups is 2. The number of hydrazone groups is 1. The fraction of sp³-hybridized carbons (Fsp3) is 0.438. The van der Waals surface area contributed by atoms with Crippen molar-refractivity contribution in [2.24, 2.45) is 5.10 Å². The molecule has 0 saturated carbocycles. The summed E-state index contributed by atoms with van der Waals surface area (Å²) >= 11 is 0. The van der Waals surface area contributed by atoms with Crippen LogP contribution in [0.3, 0.4) is 0 Å². The summed E-state index contributed by atoms with van der Waals surface area (Å²) < 4.78 is 5.58. The summed E-state index contributed by atoms with van der Waals surface area (Å²) in [6.45, 7) is 6.38. The Kier molecular flexibility index (Phi) is 7.67. The number of amides is 2. The summed E-state index contributed by atoms with van der Waals surface area (Å²) in [6.07, 6.45) is 3.11. The van der Waals surface area contributed by atoms with E-state index >= 15 is 0 Å². The van der Waals surface area contributed by atoms with E-state index in [1.807, 2.05) is 45.0 Å². The monoisotopic (exact) mass is 305 g/mol. The molecule has 0 spiro atoms. The van der Waals surface area contributed by atoms with E-state index in [1.54, 1.807) is 0 Å². The highest BCUT2D eigenvalue weighted by Crippen LogP contribution is 2.15. The topological polar surface area (TPSA) is 79.8 Å². The zero-order chi connectivity index (χ0) is 16.4. The second-order valence-corrected chi connectivity index (χ2v) is 4.87. The Morgan fingerprint density at radius 2 is 2.00 bits per heavy atom. The molecule has 0 bridgehead atoms. The highest BCUT2D eigenvalue weighted by Gasteiger charge is 2.14. The molecule has 2 N–H and O–H groups in total. The van der Waals surface area contributed by atoms with Gasteiger partial charge in [0.15, 0.2) is 0 Å². The number of nitrogens with one attached hydrogen (secondary N) is 2. The predicted molar refractivity (Wildman–Crippen MR) is 85.9 cm³/mol. The minimum atomic E-state index is -0.788. The molecular formula is C16H23N3O3. The molecule has 0 aliphatic carbocycles. The van der Waals surface area contributed by atoms with Crippen LogP contribution in [0.15, 0.2) is 29.4 Å². The molecule has 22 heavy (non-hydrogen) atoms. The third-order valence-electron chi connectivity index (χ3n) is 2.95. The van der Waals surface area contributed by atoms with E-state index < -0.39 is 11.8 Å². The molecule has 0 unspecified atom stereocenters. The largest absolute Gasteiger partial charge is 0.493 e. The molecule has 0 heterocycles. The van der Waals surface area contributed by atoms with Crippen LogP contribution in [0.2, 0.25) is 0 Å². The quantitative estimate of drug-likeness (QED) is 0.458. The summed E-state index contributed by atoms with van der Waals surface area (Å²) in [5.74, 6) is -0.795. The minimum absolute atomic E-state index is 0.0506. The first-order chi connectivity index (χ1) is 10.6. The van der Waals surface area contributed by atoms with E-state index in [0.717, 1.165) is 18.4 Å². The van der Waals surface area contributed by atoms with Crippen molar-refractivity contribution < 1.29 is 14.3 Å². The normalized spacial score (nSPS) is 12.0. The van der Waals surface area contributed by atoms with Crippen molar-refractivity contribution in [1.82, 2.24) is 10.7 Å². The number of hydrogen-bond donors (Lipinski definition) is 2. The summed E-state index contributed by atoms with van der Waals surface area (Å²) in [4.78, 5) is 23.1. The first-order valence-electron chi connectivity index (χ1n) is 7.44. The van der Waals surface area contributed by atoms with Gasteiger partial charge in [-0.05, 0) is 31.9 Å². The van der Waals surface area contributed by atoms with Gasteiger partial charge in [-0.25, -0.2) is 5.43 Å². The van der Waals surface area contributed by atoms with Gasteiger partial charge in [0.25, 0.3) is 0 Å². The second kappa shape index (κ2) is 9.55. The molecule has 0 aliphatic rings. The van der Waals surface area contributed by atoms with Crippen molar-refractivity contribution in [2.75, 3.05) is 6.61 Å². The second-order valence-electron chi connectivity index (χ2n) is 4.87. The Bertz CT molecular complexity index is 529. The van der Waals surface area contributed by atoms with Crippen molar-refractivity contribution in [3.8, 4) is 5.75 Å². The smallest absolute Gasteiger partial charge is 0.329 e. The third-order valence-corrected chi connectivity index (χ3v) is 2.95. The summed E-state index contributed by atoms with van der Waals surface area (Å²) in [6, 6.07) is 7.30. The third kappa shape index (κ3) is 5.95. The SMILES string of the molecule is CCCOc1ccccc1/C=N\NC(=O)C(=O)N[C@@H](C)CC. The number of carbonyl (C=O) groups excluding carboxylic acids is 2. The fourth-order valence-electron chi connectivity index (χ4n) is 1.53. The summed E-state index contributed by atoms with van der Waals surface area (Å²) in [5, 5.41) is 6.37. The average Bonchev–Trinajstić information content (AvgIpc) is 2.53. The van der Waals surface area contributed by atoms with Gasteiger partial charge in [0, 0.05) is 11.6 Å². The zero-order valence-corrected chi connectivity index (χ0v) is 13.3. The standard InChI is InChI=1S/C16H23N3O3/c1-4-10-22-14-9-7-6-8-13(14)11-17-19-16(21)15(20)18-12(3)5-2/h6-9,11-12H,4-5,10H2,1-3H3,(H,18,20)(H,19,21)/b17-11-/t12-/m0/s1. The van der Waals surface area contributed by atoms with Gasteiger partial charge in [-0.15, -0.1) is 0 Å². The van der Waals surface area contributed by atoms with Crippen molar-refractivity contribution >= 4 is 18.0 Å². The molecule has 6 nitrogen and oxygen atoms in total. The first kappa shape index (κ1) is 17.7. The lowest BCUT2D eigenvalue weighted by Gasteiger charge is -2.09. The van der Waals surface area contributed by atoms with Gasteiger partial charge in [0.2, 0.25) is 0 Å². The van der Waals surface area contributed by atoms with Crippen molar-refractivity contribution in [3.05, 3.63) is 29.8 Å². The summed E-state index contributed by atoms with van der Waals surface area (Å²) in [7, 11) is 0. The number of benzene rings is 1. The van der Waals surface area contributed by atoms with Crippen LogP contribution in [0.25, 0.3) is 0 Å². The Hall–Kier alpha value is -2.37. The van der Waals surface area contributed by atoms with E-state index in [-0.39, 0.29) is 6.04 Å². The van der Waals surface area contributed by atoms with E-state index in [4.69, 9.17) is 4.74 Å². The molecule has 1 aromatic rings. The number of rotatable bonds is 7.